The average molecular weight is 317 g/mol. The van der Waals surface area contributed by atoms with Gasteiger partial charge in [-0.25, -0.2) is 4.37 Å². The predicted octanol–water partition coefficient (Wildman–Crippen LogP) is 2.55. The Morgan fingerprint density at radius 2 is 2.05 bits per heavy atom. The fraction of sp³-hybridized carbons (Fsp3) is 0.562. The van der Waals surface area contributed by atoms with Crippen LogP contribution in [0.15, 0.2) is 23.7 Å². The molecule has 0 atom stereocenters. The Morgan fingerprint density at radius 1 is 1.27 bits per heavy atom. The minimum atomic E-state index is 0.0534. The van der Waals surface area contributed by atoms with Crippen LogP contribution in [-0.4, -0.2) is 45.6 Å². The van der Waals surface area contributed by atoms with Gasteiger partial charge in [0.2, 0.25) is 0 Å². The van der Waals surface area contributed by atoms with Crippen LogP contribution in [0, 0.1) is 0 Å². The highest BCUT2D eigenvalue weighted by atomic mass is 32.1. The third kappa shape index (κ3) is 3.28. The largest absolute Gasteiger partial charge is 0.352 e. The molecule has 3 rings (SSSR count). The zero-order chi connectivity index (χ0) is 15.7. The van der Waals surface area contributed by atoms with Gasteiger partial charge in [-0.1, -0.05) is 20.8 Å². The van der Waals surface area contributed by atoms with Crippen LogP contribution in [0.25, 0.3) is 0 Å². The molecule has 3 heterocycles. The molecule has 0 radical (unpaired) electrons. The molecule has 0 aromatic carbocycles. The molecule has 1 saturated heterocycles. The van der Waals surface area contributed by atoms with Crippen molar-refractivity contribution in [1.82, 2.24) is 19.5 Å². The molecule has 0 saturated carbocycles. The molecule has 0 bridgehead atoms. The van der Waals surface area contributed by atoms with Crippen molar-refractivity contribution < 1.29 is 0 Å². The lowest BCUT2D eigenvalue weighted by molar-refractivity contribution is 0.196. The van der Waals surface area contributed by atoms with Gasteiger partial charge in [0.25, 0.3) is 0 Å². The Labute approximate surface area is 136 Å². The van der Waals surface area contributed by atoms with Gasteiger partial charge in [-0.15, -0.1) is 5.10 Å². The van der Waals surface area contributed by atoms with E-state index in [4.69, 9.17) is 0 Å². The van der Waals surface area contributed by atoms with Gasteiger partial charge in [0.15, 0.2) is 5.82 Å². The molecular weight excluding hydrogens is 294 g/mol. The van der Waals surface area contributed by atoms with Gasteiger partial charge >= 0.3 is 0 Å². The Hall–Kier alpha value is -1.53. The normalized spacial score (nSPS) is 16.1. The van der Waals surface area contributed by atoms with Gasteiger partial charge in [0.1, 0.15) is 0 Å². The summed E-state index contributed by atoms with van der Waals surface area (Å²) >= 11 is 1.51. The van der Waals surface area contributed by atoms with Crippen LogP contribution in [0.4, 0.5) is 5.82 Å². The molecule has 0 spiro atoms. The molecule has 1 aliphatic heterocycles. The van der Waals surface area contributed by atoms with E-state index in [9.17, 15) is 0 Å². The second kappa shape index (κ2) is 5.93. The van der Waals surface area contributed by atoms with E-state index in [1.165, 1.54) is 17.1 Å². The van der Waals surface area contributed by atoms with Gasteiger partial charge < -0.3 is 4.90 Å². The van der Waals surface area contributed by atoms with E-state index in [1.54, 1.807) is 0 Å². The monoisotopic (exact) mass is 317 g/mol. The molecule has 22 heavy (non-hydrogen) atoms. The molecule has 0 unspecified atom stereocenters. The molecular formula is C16H23N5S. The van der Waals surface area contributed by atoms with Gasteiger partial charge in [-0.05, 0) is 36.3 Å². The molecule has 0 amide bonds. The lowest BCUT2D eigenvalue weighted by Crippen LogP contribution is -2.58. The van der Waals surface area contributed by atoms with Crippen molar-refractivity contribution in [3.05, 3.63) is 35.0 Å². The van der Waals surface area contributed by atoms with Crippen LogP contribution in [0.1, 0.15) is 32.0 Å². The third-order valence-corrected chi connectivity index (χ3v) is 4.78. The highest BCUT2D eigenvalue weighted by Gasteiger charge is 2.31. The first-order valence-electron chi connectivity index (χ1n) is 7.61. The number of hydrogen-bond acceptors (Lipinski definition) is 6. The molecule has 2 aromatic heterocycles. The van der Waals surface area contributed by atoms with Crippen molar-refractivity contribution in [3.8, 4) is 0 Å². The summed E-state index contributed by atoms with van der Waals surface area (Å²) in [5, 5.41) is 10.9. The second-order valence-corrected chi connectivity index (χ2v) is 7.69. The van der Waals surface area contributed by atoms with E-state index in [2.05, 4.69) is 69.7 Å². The Kier molecular flexibility index (Phi) is 4.14. The summed E-state index contributed by atoms with van der Waals surface area (Å²) in [6, 6.07) is 4.76. The van der Waals surface area contributed by atoms with Crippen molar-refractivity contribution in [3.63, 3.8) is 0 Å². The maximum atomic E-state index is 4.39. The Balaban J connectivity index is 1.54. The van der Waals surface area contributed by atoms with Gasteiger partial charge in [-0.3, -0.25) is 4.90 Å². The number of nitrogens with zero attached hydrogens (tertiary/aromatic N) is 5. The van der Waals surface area contributed by atoms with E-state index in [1.807, 2.05) is 6.20 Å². The first-order chi connectivity index (χ1) is 10.4. The van der Waals surface area contributed by atoms with Crippen molar-refractivity contribution in [2.45, 2.75) is 38.8 Å². The fourth-order valence-corrected chi connectivity index (χ4v) is 3.06. The van der Waals surface area contributed by atoms with Crippen molar-refractivity contribution >= 4 is 17.4 Å². The summed E-state index contributed by atoms with van der Waals surface area (Å²) in [5.41, 5.74) is 2.38. The lowest BCUT2D eigenvalue weighted by atomic mass is 9.92. The van der Waals surface area contributed by atoms with E-state index < -0.39 is 0 Å². The maximum absolute atomic E-state index is 4.39. The minimum Gasteiger partial charge on any atom is -0.352 e. The van der Waals surface area contributed by atoms with Crippen LogP contribution in [0.2, 0.25) is 0 Å². The number of likely N-dealkylation sites (N-methyl/N-ethyl adjacent to an activating group) is 1. The predicted molar refractivity (Wildman–Crippen MR) is 90.3 cm³/mol. The second-order valence-electron chi connectivity index (χ2n) is 7.03. The molecule has 1 aliphatic rings. The van der Waals surface area contributed by atoms with Gasteiger partial charge in [0.05, 0.1) is 5.69 Å². The molecule has 0 N–H and O–H groups in total. The van der Waals surface area contributed by atoms with E-state index in [0.717, 1.165) is 31.1 Å². The first-order valence-corrected chi connectivity index (χ1v) is 8.45. The van der Waals surface area contributed by atoms with Crippen LogP contribution >= 0.6 is 11.5 Å². The number of anilines is 1. The Morgan fingerprint density at radius 3 is 2.59 bits per heavy atom. The smallest absolute Gasteiger partial charge is 0.151 e. The third-order valence-electron chi connectivity index (χ3n) is 4.14. The molecule has 6 heteroatoms. The van der Waals surface area contributed by atoms with Crippen LogP contribution in [-0.2, 0) is 12.0 Å². The fourth-order valence-electron chi connectivity index (χ4n) is 2.54. The summed E-state index contributed by atoms with van der Waals surface area (Å²) in [5.74, 6) is 0.981. The van der Waals surface area contributed by atoms with Crippen molar-refractivity contribution in [1.29, 1.82) is 0 Å². The van der Waals surface area contributed by atoms with Gasteiger partial charge in [0, 0.05) is 42.7 Å². The Bertz CT molecular complexity index is 596. The quantitative estimate of drug-likeness (QED) is 0.867. The molecule has 2 aromatic rings. The lowest BCUT2D eigenvalue weighted by Gasteiger charge is -2.44. The molecule has 0 aliphatic carbocycles. The zero-order valence-electron chi connectivity index (χ0n) is 13.7. The van der Waals surface area contributed by atoms with Crippen LogP contribution in [0.3, 0.4) is 0 Å². The minimum absolute atomic E-state index is 0.0534. The average Bonchev–Trinajstić information content (AvgIpc) is 2.89. The van der Waals surface area contributed by atoms with E-state index in [0.29, 0.717) is 6.04 Å². The number of hydrogen-bond donors (Lipinski definition) is 0. The zero-order valence-corrected chi connectivity index (χ0v) is 14.5. The summed E-state index contributed by atoms with van der Waals surface area (Å²) in [6.07, 6.45) is 1.95. The summed E-state index contributed by atoms with van der Waals surface area (Å²) in [4.78, 5) is 4.67. The SMILES string of the molecule is CN(Cc1cnsc1)C1CN(c2ccc(C(C)(C)C)nn2)C1. The summed E-state index contributed by atoms with van der Waals surface area (Å²) < 4.78 is 4.16. The van der Waals surface area contributed by atoms with Crippen LogP contribution in [0.5, 0.6) is 0 Å². The summed E-state index contributed by atoms with van der Waals surface area (Å²) in [6.45, 7) is 9.46. The number of aromatic nitrogens is 3. The standard InChI is InChI=1S/C16H23N5S/c1-16(2,3)14-5-6-15(19-18-14)21-9-13(10-21)20(4)8-12-7-17-22-11-12/h5-7,11,13H,8-10H2,1-4H3. The highest BCUT2D eigenvalue weighted by molar-refractivity contribution is 7.03. The number of rotatable bonds is 4. The maximum Gasteiger partial charge on any atom is 0.151 e. The van der Waals surface area contributed by atoms with Crippen molar-refractivity contribution in [2.24, 2.45) is 0 Å². The first kappa shape index (κ1) is 15.4. The van der Waals surface area contributed by atoms with E-state index in [-0.39, 0.29) is 5.41 Å². The van der Waals surface area contributed by atoms with Crippen LogP contribution < -0.4 is 4.90 Å². The van der Waals surface area contributed by atoms with E-state index >= 15 is 0 Å². The molecule has 5 nitrogen and oxygen atoms in total. The molecule has 1 fully saturated rings. The topological polar surface area (TPSA) is 45.2 Å². The highest BCUT2D eigenvalue weighted by Crippen LogP contribution is 2.24. The molecule has 118 valence electrons. The van der Waals surface area contributed by atoms with Gasteiger partial charge in [-0.2, -0.15) is 5.10 Å². The van der Waals surface area contributed by atoms with Crippen molar-refractivity contribution in [2.75, 3.05) is 25.0 Å². The summed E-state index contributed by atoms with van der Waals surface area (Å²) in [7, 11) is 2.17.